The molecule has 0 N–H and O–H groups in total. The maximum absolute atomic E-state index is 2.47. The number of para-hydroxylation sites is 2. The number of aromatic nitrogens is 2. The minimum absolute atomic E-state index is 0.115. The third-order valence-corrected chi connectivity index (χ3v) is 14.7. The molecule has 9 aromatic carbocycles. The summed E-state index contributed by atoms with van der Waals surface area (Å²) >= 11 is 0. The number of hydrogen-bond acceptors (Lipinski definition) is 1. The molecule has 2 aromatic heterocycles. The van der Waals surface area contributed by atoms with Gasteiger partial charge >= 0.3 is 0 Å². The lowest BCUT2D eigenvalue weighted by Crippen LogP contribution is -2.18. The van der Waals surface area contributed by atoms with Crippen LogP contribution in [-0.2, 0) is 10.8 Å². The third-order valence-electron chi connectivity index (χ3n) is 14.7. The molecule has 2 aliphatic rings. The largest absolute Gasteiger partial charge is 0.316 e. The Balaban J connectivity index is 0.00000231. The Morgan fingerprint density at radius 3 is 1.48 bits per heavy atom. The van der Waals surface area contributed by atoms with E-state index in [0.29, 0.717) is 0 Å². The second kappa shape index (κ2) is 15.4. The Morgan fingerprint density at radius 2 is 0.881 bits per heavy atom. The number of nitrogens with zero attached hydrogens (tertiary/aromatic N) is 3. The first kappa shape index (κ1) is 40.6. The average molecular weight is 864 g/mol. The Labute approximate surface area is 393 Å². The fourth-order valence-electron chi connectivity index (χ4n) is 11.5. The SMILES string of the molecule is CC.CC1(C)c2ccccc2-c2ccc(N(c3ccc(-c4ccc5c(c4)c4c6c(ccc4n5-c4ccccc4)ccn6-c4ccccc4)cc3)c3ccc4c(c3)C(C)(C)c3ccccc3-4)cc21. The molecule has 3 nitrogen and oxygen atoms in total. The van der Waals surface area contributed by atoms with Gasteiger partial charge in [0.05, 0.1) is 16.6 Å². The van der Waals surface area contributed by atoms with Crippen LogP contribution in [0.3, 0.4) is 0 Å². The monoisotopic (exact) mass is 863 g/mol. The summed E-state index contributed by atoms with van der Waals surface area (Å²) in [5.74, 6) is 0. The van der Waals surface area contributed by atoms with E-state index in [1.807, 2.05) is 13.8 Å². The minimum atomic E-state index is -0.115. The highest BCUT2D eigenvalue weighted by molar-refractivity contribution is 6.21. The van der Waals surface area contributed by atoms with E-state index in [1.54, 1.807) is 0 Å². The average Bonchev–Trinajstić information content (AvgIpc) is 4.08. The Kier molecular flexibility index (Phi) is 9.31. The fraction of sp³-hybridized carbons (Fsp3) is 0.125. The standard InChI is InChI=1S/C62H47N3.C2H6/c1-61(2)53-21-13-11-19-48(53)50-31-29-46(38-55(50)61)64(47-30-32-51-49-20-12-14-22-54(49)62(3,4)56(51)39-47)45-27-23-40(24-28-45)42-26-33-57-52(37-42)59-58(65(57)44-17-9-6-10-18-44)34-25-41-35-36-63(60(41)59)43-15-7-5-8-16-43;1-2/h5-39H,1-4H3;1-2H3. The van der Waals surface area contributed by atoms with Gasteiger partial charge in [-0.05, 0) is 141 Å². The Bertz CT molecular complexity index is 3590. The van der Waals surface area contributed by atoms with Crippen LogP contribution in [0.1, 0.15) is 63.8 Å². The van der Waals surface area contributed by atoms with Crippen LogP contribution in [-0.4, -0.2) is 9.13 Å². The smallest absolute Gasteiger partial charge is 0.0628 e. The van der Waals surface area contributed by atoms with E-state index in [9.17, 15) is 0 Å². The van der Waals surface area contributed by atoms with E-state index < -0.39 is 0 Å². The fourth-order valence-corrected chi connectivity index (χ4v) is 11.5. The number of fused-ring (bicyclic) bond motifs is 11. The van der Waals surface area contributed by atoms with Gasteiger partial charge in [-0.2, -0.15) is 0 Å². The van der Waals surface area contributed by atoms with Crippen molar-refractivity contribution in [2.75, 3.05) is 4.90 Å². The van der Waals surface area contributed by atoms with Crippen molar-refractivity contribution >= 4 is 49.8 Å². The summed E-state index contributed by atoms with van der Waals surface area (Å²) in [5.41, 5.74) is 22.3. The molecule has 0 atom stereocenters. The summed E-state index contributed by atoms with van der Waals surface area (Å²) < 4.78 is 4.77. The maximum atomic E-state index is 2.47. The summed E-state index contributed by atoms with van der Waals surface area (Å²) in [6.07, 6.45) is 2.21. The molecule has 0 saturated heterocycles. The molecule has 0 fully saturated rings. The van der Waals surface area contributed by atoms with E-state index in [0.717, 1.165) is 28.4 Å². The molecule has 0 amide bonds. The molecule has 67 heavy (non-hydrogen) atoms. The lowest BCUT2D eigenvalue weighted by Gasteiger charge is -2.30. The van der Waals surface area contributed by atoms with Gasteiger partial charge in [0.2, 0.25) is 0 Å². The second-order valence-corrected chi connectivity index (χ2v) is 19.0. The van der Waals surface area contributed by atoms with Crippen LogP contribution in [0.5, 0.6) is 0 Å². The molecule has 2 aliphatic carbocycles. The first-order chi connectivity index (χ1) is 32.8. The minimum Gasteiger partial charge on any atom is -0.316 e. The van der Waals surface area contributed by atoms with Gasteiger partial charge in [0.25, 0.3) is 0 Å². The number of hydrogen-bond donors (Lipinski definition) is 0. The zero-order valence-corrected chi connectivity index (χ0v) is 39.0. The molecule has 13 rings (SSSR count). The van der Waals surface area contributed by atoms with Gasteiger partial charge in [-0.25, -0.2) is 0 Å². The molecule has 324 valence electrons. The molecule has 0 saturated carbocycles. The van der Waals surface area contributed by atoms with Gasteiger partial charge in [-0.1, -0.05) is 163 Å². The molecule has 0 spiro atoms. The highest BCUT2D eigenvalue weighted by atomic mass is 15.1. The lowest BCUT2D eigenvalue weighted by atomic mass is 9.82. The van der Waals surface area contributed by atoms with Crippen molar-refractivity contribution in [1.29, 1.82) is 0 Å². The van der Waals surface area contributed by atoms with Crippen molar-refractivity contribution < 1.29 is 0 Å². The van der Waals surface area contributed by atoms with Gasteiger partial charge < -0.3 is 14.0 Å². The Morgan fingerprint density at radius 1 is 0.388 bits per heavy atom. The molecule has 0 unspecified atom stereocenters. The topological polar surface area (TPSA) is 13.1 Å². The number of rotatable bonds is 6. The van der Waals surface area contributed by atoms with Crippen molar-refractivity contribution in [3.05, 3.63) is 235 Å². The van der Waals surface area contributed by atoms with E-state index in [2.05, 4.69) is 254 Å². The van der Waals surface area contributed by atoms with Crippen molar-refractivity contribution in [3.63, 3.8) is 0 Å². The zero-order chi connectivity index (χ0) is 45.6. The predicted octanol–water partition coefficient (Wildman–Crippen LogP) is 17.5. The molecule has 3 heteroatoms. The maximum Gasteiger partial charge on any atom is 0.0628 e. The van der Waals surface area contributed by atoms with Crippen LogP contribution in [0.25, 0.3) is 77.5 Å². The predicted molar refractivity (Wildman–Crippen MR) is 284 cm³/mol. The van der Waals surface area contributed by atoms with Gasteiger partial charge in [0, 0.05) is 61.6 Å². The first-order valence-corrected chi connectivity index (χ1v) is 23.8. The van der Waals surface area contributed by atoms with Crippen LogP contribution >= 0.6 is 0 Å². The molecule has 11 aromatic rings. The van der Waals surface area contributed by atoms with Crippen molar-refractivity contribution in [2.45, 2.75) is 52.4 Å². The number of anilines is 3. The molecule has 0 radical (unpaired) electrons. The summed E-state index contributed by atoms with van der Waals surface area (Å²) in [6.45, 7) is 13.5. The third kappa shape index (κ3) is 6.11. The summed E-state index contributed by atoms with van der Waals surface area (Å²) in [6, 6.07) is 76.6. The first-order valence-electron chi connectivity index (χ1n) is 23.8. The van der Waals surface area contributed by atoms with Crippen LogP contribution in [0.4, 0.5) is 17.1 Å². The van der Waals surface area contributed by atoms with Crippen LogP contribution in [0.15, 0.2) is 212 Å². The normalized spacial score (nSPS) is 13.8. The summed E-state index contributed by atoms with van der Waals surface area (Å²) in [5, 5.41) is 3.71. The van der Waals surface area contributed by atoms with Gasteiger partial charge in [0.1, 0.15) is 0 Å². The highest BCUT2D eigenvalue weighted by Gasteiger charge is 2.37. The van der Waals surface area contributed by atoms with E-state index >= 15 is 0 Å². The quantitative estimate of drug-likeness (QED) is 0.162. The summed E-state index contributed by atoms with van der Waals surface area (Å²) in [4.78, 5) is 2.47. The molecular weight excluding hydrogens is 811 g/mol. The van der Waals surface area contributed by atoms with Crippen molar-refractivity contribution in [3.8, 4) is 44.8 Å². The van der Waals surface area contributed by atoms with Gasteiger partial charge in [0.15, 0.2) is 0 Å². The van der Waals surface area contributed by atoms with E-state index in [1.165, 1.54) is 88.3 Å². The molecule has 0 aliphatic heterocycles. The van der Waals surface area contributed by atoms with Crippen LogP contribution in [0, 0.1) is 0 Å². The van der Waals surface area contributed by atoms with Crippen LogP contribution in [0.2, 0.25) is 0 Å². The highest BCUT2D eigenvalue weighted by Crippen LogP contribution is 2.53. The van der Waals surface area contributed by atoms with Gasteiger partial charge in [-0.15, -0.1) is 0 Å². The van der Waals surface area contributed by atoms with Gasteiger partial charge in [-0.3, -0.25) is 0 Å². The van der Waals surface area contributed by atoms with Crippen molar-refractivity contribution in [2.24, 2.45) is 0 Å². The van der Waals surface area contributed by atoms with Crippen molar-refractivity contribution in [1.82, 2.24) is 9.13 Å². The molecular formula is C64H53N3. The van der Waals surface area contributed by atoms with E-state index in [-0.39, 0.29) is 10.8 Å². The Hall–Kier alpha value is -7.88. The number of benzene rings is 9. The van der Waals surface area contributed by atoms with E-state index in [4.69, 9.17) is 0 Å². The summed E-state index contributed by atoms with van der Waals surface area (Å²) in [7, 11) is 0. The molecule has 0 bridgehead atoms. The van der Waals surface area contributed by atoms with Crippen LogP contribution < -0.4 is 4.90 Å². The molecule has 2 heterocycles. The zero-order valence-electron chi connectivity index (χ0n) is 39.0. The lowest BCUT2D eigenvalue weighted by molar-refractivity contribution is 0.660. The second-order valence-electron chi connectivity index (χ2n) is 19.0.